The summed E-state index contributed by atoms with van der Waals surface area (Å²) in [7, 11) is 0. The third-order valence-corrected chi connectivity index (χ3v) is 5.41. The van der Waals surface area contributed by atoms with Crippen molar-refractivity contribution in [3.05, 3.63) is 22.4 Å². The first-order valence-electron chi connectivity index (χ1n) is 7.36. The van der Waals surface area contributed by atoms with Crippen LogP contribution < -0.4 is 5.73 Å². The van der Waals surface area contributed by atoms with E-state index >= 15 is 0 Å². The molecule has 0 amide bonds. The lowest BCUT2D eigenvalue weighted by atomic mass is 9.96. The Labute approximate surface area is 114 Å². The van der Waals surface area contributed by atoms with Crippen molar-refractivity contribution in [2.45, 2.75) is 57.2 Å². The number of thiophene rings is 1. The van der Waals surface area contributed by atoms with Gasteiger partial charge in [-0.25, -0.2) is 0 Å². The van der Waals surface area contributed by atoms with Crippen LogP contribution in [0, 0.1) is 5.92 Å². The zero-order valence-corrected chi connectivity index (χ0v) is 11.9. The van der Waals surface area contributed by atoms with Crippen molar-refractivity contribution >= 4 is 11.3 Å². The van der Waals surface area contributed by atoms with Crippen LogP contribution in [0.4, 0.5) is 0 Å². The predicted octanol–water partition coefficient (Wildman–Crippen LogP) is 3.23. The molecule has 3 heteroatoms. The fourth-order valence-electron chi connectivity index (χ4n) is 3.45. The molecular formula is C15H24N2S. The summed E-state index contributed by atoms with van der Waals surface area (Å²) in [4.78, 5) is 4.22. The molecule has 0 radical (unpaired) electrons. The van der Waals surface area contributed by atoms with Crippen LogP contribution in [0.5, 0.6) is 0 Å². The molecule has 2 aliphatic carbocycles. The third-order valence-electron chi connectivity index (χ3n) is 4.55. The van der Waals surface area contributed by atoms with E-state index < -0.39 is 0 Å². The zero-order valence-electron chi connectivity index (χ0n) is 11.1. The molecule has 2 saturated carbocycles. The molecule has 0 spiro atoms. The molecule has 0 aromatic carbocycles. The van der Waals surface area contributed by atoms with E-state index in [1.54, 1.807) is 0 Å². The average molecular weight is 264 g/mol. The Balaban J connectivity index is 1.70. The Bertz CT molecular complexity index is 353. The molecule has 1 heterocycles. The zero-order chi connectivity index (χ0) is 12.4. The summed E-state index contributed by atoms with van der Waals surface area (Å²) >= 11 is 1.88. The molecule has 2 N–H and O–H groups in total. The molecule has 1 aromatic rings. The van der Waals surface area contributed by atoms with Crippen molar-refractivity contribution in [1.29, 1.82) is 0 Å². The smallest absolute Gasteiger partial charge is 0.0334 e. The molecule has 2 aliphatic rings. The van der Waals surface area contributed by atoms with Gasteiger partial charge in [-0.1, -0.05) is 18.9 Å². The quantitative estimate of drug-likeness (QED) is 0.854. The van der Waals surface area contributed by atoms with Gasteiger partial charge in [0, 0.05) is 30.1 Å². The fraction of sp³-hybridized carbons (Fsp3) is 0.733. The molecular weight excluding hydrogens is 240 g/mol. The highest BCUT2D eigenvalue weighted by atomic mass is 32.1. The van der Waals surface area contributed by atoms with Gasteiger partial charge in [0.25, 0.3) is 0 Å². The number of nitrogens with zero attached hydrogens (tertiary/aromatic N) is 1. The molecule has 2 fully saturated rings. The van der Waals surface area contributed by atoms with E-state index in [2.05, 4.69) is 22.4 Å². The van der Waals surface area contributed by atoms with E-state index in [1.807, 2.05) is 11.3 Å². The third kappa shape index (κ3) is 2.79. The molecule has 18 heavy (non-hydrogen) atoms. The molecule has 0 aliphatic heterocycles. The maximum Gasteiger partial charge on any atom is 0.0334 e. The standard InChI is InChI=1S/C15H24N2S/c16-10-15(12-4-1-2-5-12)17(13-7-8-13)11-14-6-3-9-18-14/h3,6,9,12-13,15H,1-2,4-5,7-8,10-11,16H2. The van der Waals surface area contributed by atoms with Crippen molar-refractivity contribution in [2.24, 2.45) is 11.7 Å². The highest BCUT2D eigenvalue weighted by Gasteiger charge is 2.37. The molecule has 3 rings (SSSR count). The maximum atomic E-state index is 6.11. The minimum Gasteiger partial charge on any atom is -0.329 e. The lowest BCUT2D eigenvalue weighted by molar-refractivity contribution is 0.131. The summed E-state index contributed by atoms with van der Waals surface area (Å²) in [5, 5.41) is 2.19. The van der Waals surface area contributed by atoms with E-state index in [4.69, 9.17) is 5.73 Å². The van der Waals surface area contributed by atoms with E-state index in [0.717, 1.165) is 25.0 Å². The van der Waals surface area contributed by atoms with Crippen LogP contribution in [-0.2, 0) is 6.54 Å². The molecule has 0 bridgehead atoms. The van der Waals surface area contributed by atoms with E-state index in [0.29, 0.717) is 6.04 Å². The van der Waals surface area contributed by atoms with Gasteiger partial charge in [0.2, 0.25) is 0 Å². The topological polar surface area (TPSA) is 29.3 Å². The van der Waals surface area contributed by atoms with Gasteiger partial charge in [-0.2, -0.15) is 0 Å². The fourth-order valence-corrected chi connectivity index (χ4v) is 4.16. The van der Waals surface area contributed by atoms with Crippen molar-refractivity contribution in [1.82, 2.24) is 4.90 Å². The van der Waals surface area contributed by atoms with E-state index in [-0.39, 0.29) is 0 Å². The SMILES string of the molecule is NCC(C1CCCC1)N(Cc1cccs1)C1CC1. The van der Waals surface area contributed by atoms with Crippen LogP contribution in [0.1, 0.15) is 43.4 Å². The van der Waals surface area contributed by atoms with Gasteiger partial charge < -0.3 is 5.73 Å². The second-order valence-electron chi connectivity index (χ2n) is 5.83. The highest BCUT2D eigenvalue weighted by molar-refractivity contribution is 7.09. The van der Waals surface area contributed by atoms with Crippen LogP contribution in [0.2, 0.25) is 0 Å². The number of nitrogens with two attached hydrogens (primary N) is 1. The van der Waals surface area contributed by atoms with Gasteiger partial charge >= 0.3 is 0 Å². The summed E-state index contributed by atoms with van der Waals surface area (Å²) in [5.74, 6) is 0.857. The molecule has 0 saturated heterocycles. The lowest BCUT2D eigenvalue weighted by Crippen LogP contribution is -2.45. The average Bonchev–Trinajstić information content (AvgIpc) is 2.89. The normalized spacial score (nSPS) is 22.8. The highest BCUT2D eigenvalue weighted by Crippen LogP contribution is 2.37. The van der Waals surface area contributed by atoms with Crippen LogP contribution >= 0.6 is 11.3 Å². The molecule has 100 valence electrons. The molecule has 1 atom stereocenters. The Hall–Kier alpha value is -0.380. The summed E-state index contributed by atoms with van der Waals surface area (Å²) in [6, 6.07) is 5.88. The van der Waals surface area contributed by atoms with Crippen LogP contribution in [0.25, 0.3) is 0 Å². The summed E-state index contributed by atoms with van der Waals surface area (Å²) in [5.41, 5.74) is 6.11. The van der Waals surface area contributed by atoms with E-state index in [1.165, 1.54) is 43.4 Å². The lowest BCUT2D eigenvalue weighted by Gasteiger charge is -2.35. The van der Waals surface area contributed by atoms with Crippen molar-refractivity contribution in [3.8, 4) is 0 Å². The van der Waals surface area contributed by atoms with Gasteiger partial charge in [0.15, 0.2) is 0 Å². The maximum absolute atomic E-state index is 6.11. The van der Waals surface area contributed by atoms with Crippen LogP contribution in [0.3, 0.4) is 0 Å². The largest absolute Gasteiger partial charge is 0.329 e. The predicted molar refractivity (Wildman–Crippen MR) is 77.7 cm³/mol. The molecule has 2 nitrogen and oxygen atoms in total. The number of hydrogen-bond acceptors (Lipinski definition) is 3. The number of hydrogen-bond donors (Lipinski definition) is 1. The van der Waals surface area contributed by atoms with Crippen molar-refractivity contribution < 1.29 is 0 Å². The Morgan fingerprint density at radius 3 is 2.61 bits per heavy atom. The Morgan fingerprint density at radius 2 is 2.06 bits per heavy atom. The van der Waals surface area contributed by atoms with Crippen molar-refractivity contribution in [3.63, 3.8) is 0 Å². The minimum atomic E-state index is 0.627. The van der Waals surface area contributed by atoms with Gasteiger partial charge in [0.05, 0.1) is 0 Å². The molecule has 1 unspecified atom stereocenters. The summed E-state index contributed by atoms with van der Waals surface area (Å²) < 4.78 is 0. The van der Waals surface area contributed by atoms with E-state index in [9.17, 15) is 0 Å². The van der Waals surface area contributed by atoms with Crippen LogP contribution in [0.15, 0.2) is 17.5 Å². The first-order valence-corrected chi connectivity index (χ1v) is 8.24. The van der Waals surface area contributed by atoms with Crippen LogP contribution in [-0.4, -0.2) is 23.5 Å². The van der Waals surface area contributed by atoms with Crippen molar-refractivity contribution in [2.75, 3.05) is 6.54 Å². The van der Waals surface area contributed by atoms with Gasteiger partial charge in [-0.3, -0.25) is 4.90 Å². The first-order chi connectivity index (χ1) is 8.88. The Kier molecular flexibility index (Phi) is 4.02. The first kappa shape index (κ1) is 12.6. The Morgan fingerprint density at radius 1 is 1.28 bits per heavy atom. The minimum absolute atomic E-state index is 0.627. The summed E-state index contributed by atoms with van der Waals surface area (Å²) in [6.45, 7) is 1.97. The summed E-state index contributed by atoms with van der Waals surface area (Å²) in [6.07, 6.45) is 8.39. The monoisotopic (exact) mass is 264 g/mol. The van der Waals surface area contributed by atoms with Gasteiger partial charge in [-0.05, 0) is 43.0 Å². The van der Waals surface area contributed by atoms with Gasteiger partial charge in [0.1, 0.15) is 0 Å². The number of rotatable bonds is 6. The second kappa shape index (κ2) is 5.72. The molecule has 1 aromatic heterocycles. The second-order valence-corrected chi connectivity index (χ2v) is 6.86. The van der Waals surface area contributed by atoms with Gasteiger partial charge in [-0.15, -0.1) is 11.3 Å².